The number of hydrogen-bond donors (Lipinski definition) is 0. The number of hydrogen-bond acceptors (Lipinski definition) is 4. The topological polar surface area (TPSA) is 39.5 Å². The molecule has 0 atom stereocenters. The van der Waals surface area contributed by atoms with Crippen LogP contribution in [0.3, 0.4) is 0 Å². The summed E-state index contributed by atoms with van der Waals surface area (Å²) in [5.74, 6) is 0.707. The number of nitrogens with zero attached hydrogens (tertiary/aromatic N) is 3. The highest BCUT2D eigenvalue weighted by Gasteiger charge is 2.30. The Morgan fingerprint density at radius 2 is 1.90 bits per heavy atom. The van der Waals surface area contributed by atoms with Gasteiger partial charge < -0.3 is 9.64 Å². The summed E-state index contributed by atoms with van der Waals surface area (Å²) in [6.07, 6.45) is 3.83. The zero-order valence-corrected chi connectivity index (χ0v) is 12.5. The molecule has 1 aromatic rings. The van der Waals surface area contributed by atoms with Crippen LogP contribution in [0, 0.1) is 11.3 Å². The summed E-state index contributed by atoms with van der Waals surface area (Å²) in [6.45, 7) is 6.59. The van der Waals surface area contributed by atoms with Crippen molar-refractivity contribution in [2.24, 2.45) is 0 Å². The lowest BCUT2D eigenvalue weighted by Gasteiger charge is -2.34. The Morgan fingerprint density at radius 1 is 1.14 bits per heavy atom. The van der Waals surface area contributed by atoms with Gasteiger partial charge in [0.15, 0.2) is 0 Å². The van der Waals surface area contributed by atoms with Crippen molar-refractivity contribution in [2.75, 3.05) is 39.3 Å². The van der Waals surface area contributed by atoms with Crippen LogP contribution in [-0.2, 0) is 0 Å². The number of piperazine rings is 1. The Kier molecular flexibility index (Phi) is 4.74. The second-order valence-electron chi connectivity index (χ2n) is 5.92. The average Bonchev–Trinajstić information content (AvgIpc) is 3.37. The van der Waals surface area contributed by atoms with Gasteiger partial charge >= 0.3 is 0 Å². The van der Waals surface area contributed by atoms with E-state index in [1.165, 1.54) is 39.0 Å². The van der Waals surface area contributed by atoms with Crippen molar-refractivity contribution in [3.63, 3.8) is 0 Å². The molecule has 0 unspecified atom stereocenters. The second-order valence-corrected chi connectivity index (χ2v) is 5.92. The van der Waals surface area contributed by atoms with Crippen LogP contribution < -0.4 is 4.74 Å². The molecular formula is C17H23N3O. The van der Waals surface area contributed by atoms with Crippen LogP contribution in [0.1, 0.15) is 24.8 Å². The molecular weight excluding hydrogens is 262 g/mol. The van der Waals surface area contributed by atoms with Gasteiger partial charge in [0.2, 0.25) is 0 Å². The Labute approximate surface area is 126 Å². The van der Waals surface area contributed by atoms with Crippen LogP contribution in [0.5, 0.6) is 5.75 Å². The van der Waals surface area contributed by atoms with Crippen molar-refractivity contribution in [3.8, 4) is 11.8 Å². The summed E-state index contributed by atoms with van der Waals surface area (Å²) in [7, 11) is 0. The predicted molar refractivity (Wildman–Crippen MR) is 82.3 cm³/mol. The monoisotopic (exact) mass is 285 g/mol. The van der Waals surface area contributed by atoms with Gasteiger partial charge in [0.05, 0.1) is 12.2 Å². The fourth-order valence-electron chi connectivity index (χ4n) is 2.95. The Hall–Kier alpha value is -1.57. The van der Waals surface area contributed by atoms with Gasteiger partial charge in [-0.15, -0.1) is 0 Å². The van der Waals surface area contributed by atoms with Crippen molar-refractivity contribution in [2.45, 2.75) is 25.3 Å². The van der Waals surface area contributed by atoms with Crippen molar-refractivity contribution < 1.29 is 4.74 Å². The highest BCUT2D eigenvalue weighted by atomic mass is 16.5. The zero-order chi connectivity index (χ0) is 14.5. The molecule has 1 heterocycles. The third-order valence-corrected chi connectivity index (χ3v) is 4.35. The van der Waals surface area contributed by atoms with Gasteiger partial charge in [0, 0.05) is 38.8 Å². The first-order valence-corrected chi connectivity index (χ1v) is 7.95. The van der Waals surface area contributed by atoms with Gasteiger partial charge in [-0.1, -0.05) is 12.1 Å². The summed E-state index contributed by atoms with van der Waals surface area (Å²) in [6, 6.07) is 10.5. The zero-order valence-electron chi connectivity index (χ0n) is 12.5. The predicted octanol–water partition coefficient (Wildman–Crippen LogP) is 2.11. The molecule has 21 heavy (non-hydrogen) atoms. The first-order chi connectivity index (χ1) is 10.4. The number of nitriles is 1. The fraction of sp³-hybridized carbons (Fsp3) is 0.588. The molecule has 4 heteroatoms. The van der Waals surface area contributed by atoms with E-state index < -0.39 is 0 Å². The number of benzene rings is 1. The van der Waals surface area contributed by atoms with Gasteiger partial charge in [0.25, 0.3) is 0 Å². The van der Waals surface area contributed by atoms with Crippen LogP contribution in [0.15, 0.2) is 24.3 Å². The van der Waals surface area contributed by atoms with Crippen LogP contribution >= 0.6 is 0 Å². The van der Waals surface area contributed by atoms with Gasteiger partial charge in [-0.2, -0.15) is 5.26 Å². The Morgan fingerprint density at radius 3 is 2.62 bits per heavy atom. The number of rotatable bonds is 6. The molecule has 1 saturated heterocycles. The van der Waals surface area contributed by atoms with E-state index in [0.29, 0.717) is 17.9 Å². The van der Waals surface area contributed by atoms with Crippen LogP contribution in [0.4, 0.5) is 0 Å². The SMILES string of the molecule is N#Cc1ccccc1OCCCN1CCN(C2CC2)CC1. The molecule has 1 aliphatic carbocycles. The molecule has 112 valence electrons. The summed E-state index contributed by atoms with van der Waals surface area (Å²) >= 11 is 0. The third kappa shape index (κ3) is 3.96. The maximum atomic E-state index is 9.01. The molecule has 0 amide bonds. The van der Waals surface area contributed by atoms with Crippen LogP contribution in [-0.4, -0.2) is 55.2 Å². The molecule has 1 aromatic carbocycles. The quantitative estimate of drug-likeness (QED) is 0.751. The van der Waals surface area contributed by atoms with E-state index in [-0.39, 0.29) is 0 Å². The van der Waals surface area contributed by atoms with Crippen LogP contribution in [0.2, 0.25) is 0 Å². The number of ether oxygens (including phenoxy) is 1. The highest BCUT2D eigenvalue weighted by molar-refractivity contribution is 5.42. The van der Waals surface area contributed by atoms with Crippen molar-refractivity contribution in [1.29, 1.82) is 5.26 Å². The maximum Gasteiger partial charge on any atom is 0.137 e. The second kappa shape index (κ2) is 6.93. The standard InChI is InChI=1S/C17H23N3O/c18-14-15-4-1-2-5-17(15)21-13-3-8-19-9-11-20(12-10-19)16-6-7-16/h1-2,4-5,16H,3,6-13H2. The molecule has 0 spiro atoms. The summed E-state index contributed by atoms with van der Waals surface area (Å²) in [5.41, 5.74) is 0.621. The summed E-state index contributed by atoms with van der Waals surface area (Å²) < 4.78 is 5.73. The van der Waals surface area contributed by atoms with Gasteiger partial charge in [-0.25, -0.2) is 0 Å². The Bertz CT molecular complexity index is 499. The molecule has 0 bridgehead atoms. The molecule has 2 aliphatic rings. The fourth-order valence-corrected chi connectivity index (χ4v) is 2.95. The lowest BCUT2D eigenvalue weighted by Crippen LogP contribution is -2.47. The molecule has 1 saturated carbocycles. The number of para-hydroxylation sites is 1. The molecule has 0 N–H and O–H groups in total. The first kappa shape index (κ1) is 14.4. The average molecular weight is 285 g/mol. The van der Waals surface area contributed by atoms with E-state index >= 15 is 0 Å². The molecule has 2 fully saturated rings. The van der Waals surface area contributed by atoms with E-state index in [1.54, 1.807) is 6.07 Å². The maximum absolute atomic E-state index is 9.01. The first-order valence-electron chi connectivity index (χ1n) is 7.95. The third-order valence-electron chi connectivity index (χ3n) is 4.35. The lowest BCUT2D eigenvalue weighted by atomic mass is 10.2. The van der Waals surface area contributed by atoms with Crippen molar-refractivity contribution in [1.82, 2.24) is 9.80 Å². The van der Waals surface area contributed by atoms with E-state index in [0.717, 1.165) is 19.0 Å². The normalized spacial score (nSPS) is 20.1. The molecule has 3 rings (SSSR count). The Balaban J connectivity index is 1.34. The van der Waals surface area contributed by atoms with Crippen molar-refractivity contribution in [3.05, 3.63) is 29.8 Å². The van der Waals surface area contributed by atoms with Gasteiger partial charge in [0.1, 0.15) is 11.8 Å². The van der Waals surface area contributed by atoms with E-state index in [4.69, 9.17) is 10.00 Å². The molecule has 0 aromatic heterocycles. The molecule has 4 nitrogen and oxygen atoms in total. The molecule has 0 radical (unpaired) electrons. The minimum Gasteiger partial charge on any atom is -0.492 e. The van der Waals surface area contributed by atoms with E-state index in [1.807, 2.05) is 18.2 Å². The van der Waals surface area contributed by atoms with Gasteiger partial charge in [-0.05, 0) is 31.4 Å². The summed E-state index contributed by atoms with van der Waals surface area (Å²) in [5, 5.41) is 9.01. The van der Waals surface area contributed by atoms with Crippen molar-refractivity contribution >= 4 is 0 Å². The lowest BCUT2D eigenvalue weighted by molar-refractivity contribution is 0.121. The van der Waals surface area contributed by atoms with E-state index in [9.17, 15) is 0 Å². The van der Waals surface area contributed by atoms with E-state index in [2.05, 4.69) is 15.9 Å². The van der Waals surface area contributed by atoms with Gasteiger partial charge in [-0.3, -0.25) is 4.90 Å². The summed E-state index contributed by atoms with van der Waals surface area (Å²) in [4.78, 5) is 5.16. The molecule has 1 aliphatic heterocycles. The largest absolute Gasteiger partial charge is 0.492 e. The minimum atomic E-state index is 0.621. The van der Waals surface area contributed by atoms with Crippen LogP contribution in [0.25, 0.3) is 0 Å². The smallest absolute Gasteiger partial charge is 0.137 e. The minimum absolute atomic E-state index is 0.621. The highest BCUT2D eigenvalue weighted by Crippen LogP contribution is 2.27.